The second-order valence-corrected chi connectivity index (χ2v) is 6.97. The number of carbonyl (C=O) groups is 2. The summed E-state index contributed by atoms with van der Waals surface area (Å²) in [5.41, 5.74) is 3.95. The first-order valence-electron chi connectivity index (χ1n) is 9.28. The summed E-state index contributed by atoms with van der Waals surface area (Å²) in [6.45, 7) is 2.09. The molecule has 2 N–H and O–H groups in total. The molecular weight excluding hydrogens is 354 g/mol. The van der Waals surface area contributed by atoms with Crippen molar-refractivity contribution < 1.29 is 9.59 Å². The van der Waals surface area contributed by atoms with Crippen molar-refractivity contribution in [1.82, 2.24) is 24.8 Å². The fourth-order valence-electron chi connectivity index (χ4n) is 3.78. The highest BCUT2D eigenvalue weighted by molar-refractivity contribution is 6.06. The van der Waals surface area contributed by atoms with Crippen LogP contribution in [0, 0.1) is 0 Å². The lowest BCUT2D eigenvalue weighted by Gasteiger charge is -2.34. The van der Waals surface area contributed by atoms with E-state index in [0.717, 1.165) is 21.9 Å². The maximum absolute atomic E-state index is 12.9. The van der Waals surface area contributed by atoms with Crippen LogP contribution in [-0.2, 0) is 0 Å². The number of hydrogen-bond acceptors (Lipinski definition) is 3. The third kappa shape index (κ3) is 2.72. The lowest BCUT2D eigenvalue weighted by Crippen LogP contribution is -2.50. The number of piperazine rings is 1. The van der Waals surface area contributed by atoms with Crippen LogP contribution < -0.4 is 0 Å². The smallest absolute Gasteiger partial charge is 0.256 e. The van der Waals surface area contributed by atoms with Crippen molar-refractivity contribution in [2.45, 2.75) is 0 Å². The molecule has 0 atom stereocenters. The summed E-state index contributed by atoms with van der Waals surface area (Å²) < 4.78 is 0. The van der Waals surface area contributed by atoms with Gasteiger partial charge in [0.15, 0.2) is 0 Å². The predicted octanol–water partition coefficient (Wildman–Crippen LogP) is 2.64. The highest BCUT2D eigenvalue weighted by atomic mass is 16.2. The van der Waals surface area contributed by atoms with Crippen molar-refractivity contribution in [2.75, 3.05) is 26.2 Å². The van der Waals surface area contributed by atoms with E-state index in [9.17, 15) is 9.59 Å². The number of imidazole rings is 1. The number of amides is 2. The van der Waals surface area contributed by atoms with Gasteiger partial charge in [-0.3, -0.25) is 9.59 Å². The fourth-order valence-corrected chi connectivity index (χ4v) is 3.78. The third-order valence-electron chi connectivity index (χ3n) is 5.34. The van der Waals surface area contributed by atoms with Gasteiger partial charge in [-0.25, -0.2) is 4.98 Å². The summed E-state index contributed by atoms with van der Waals surface area (Å²) in [4.78, 5) is 39.7. The molecule has 2 aromatic heterocycles. The van der Waals surface area contributed by atoms with E-state index in [2.05, 4.69) is 15.0 Å². The topological polar surface area (TPSA) is 85.1 Å². The zero-order chi connectivity index (χ0) is 19.1. The number of H-pyrrole nitrogens is 2. The number of aromatic amines is 2. The highest BCUT2D eigenvalue weighted by Crippen LogP contribution is 2.21. The van der Waals surface area contributed by atoms with Crippen molar-refractivity contribution in [3.05, 3.63) is 66.1 Å². The lowest BCUT2D eigenvalue weighted by atomic mass is 10.1. The van der Waals surface area contributed by atoms with Crippen molar-refractivity contribution in [3.8, 4) is 0 Å². The van der Waals surface area contributed by atoms with Gasteiger partial charge in [0.2, 0.25) is 0 Å². The molecule has 1 saturated heterocycles. The number of rotatable bonds is 2. The van der Waals surface area contributed by atoms with Gasteiger partial charge in [0.05, 0.1) is 22.9 Å². The molecular formula is C21H19N5O2. The summed E-state index contributed by atoms with van der Waals surface area (Å²) in [7, 11) is 0. The molecule has 140 valence electrons. The first kappa shape index (κ1) is 16.6. The fraction of sp³-hybridized carbons (Fsp3) is 0.190. The van der Waals surface area contributed by atoms with Crippen molar-refractivity contribution in [3.63, 3.8) is 0 Å². The van der Waals surface area contributed by atoms with E-state index in [1.807, 2.05) is 41.3 Å². The van der Waals surface area contributed by atoms with Crippen LogP contribution in [0.15, 0.2) is 55.0 Å². The van der Waals surface area contributed by atoms with Gasteiger partial charge in [-0.2, -0.15) is 0 Å². The van der Waals surface area contributed by atoms with Crippen LogP contribution in [0.2, 0.25) is 0 Å². The molecule has 5 rings (SSSR count). The summed E-state index contributed by atoms with van der Waals surface area (Å²) >= 11 is 0. The average Bonchev–Trinajstić information content (AvgIpc) is 3.39. The van der Waals surface area contributed by atoms with Crippen molar-refractivity contribution >= 4 is 33.8 Å². The lowest BCUT2D eigenvalue weighted by molar-refractivity contribution is 0.0536. The van der Waals surface area contributed by atoms with E-state index >= 15 is 0 Å². The minimum atomic E-state index is -0.0179. The normalized spacial score (nSPS) is 14.7. The van der Waals surface area contributed by atoms with E-state index in [4.69, 9.17) is 0 Å². The maximum Gasteiger partial charge on any atom is 0.256 e. The maximum atomic E-state index is 12.9. The predicted molar refractivity (Wildman–Crippen MR) is 106 cm³/mol. The molecule has 2 amide bonds. The quantitative estimate of drug-likeness (QED) is 0.566. The van der Waals surface area contributed by atoms with E-state index in [1.54, 1.807) is 23.5 Å². The van der Waals surface area contributed by atoms with Gasteiger partial charge in [-0.15, -0.1) is 0 Å². The van der Waals surface area contributed by atoms with Crippen LogP contribution in [0.3, 0.4) is 0 Å². The van der Waals surface area contributed by atoms with Gasteiger partial charge in [0.25, 0.3) is 11.8 Å². The average molecular weight is 373 g/mol. The van der Waals surface area contributed by atoms with Crippen LogP contribution in [0.1, 0.15) is 20.7 Å². The molecule has 0 spiro atoms. The van der Waals surface area contributed by atoms with Crippen molar-refractivity contribution in [1.29, 1.82) is 0 Å². The molecule has 4 aromatic rings. The molecule has 28 heavy (non-hydrogen) atoms. The van der Waals surface area contributed by atoms with Gasteiger partial charge in [-0.05, 0) is 24.3 Å². The van der Waals surface area contributed by atoms with E-state index in [1.165, 1.54) is 0 Å². The minimum Gasteiger partial charge on any atom is -0.360 e. The van der Waals surface area contributed by atoms with Crippen LogP contribution in [0.4, 0.5) is 0 Å². The molecule has 7 nitrogen and oxygen atoms in total. The second-order valence-electron chi connectivity index (χ2n) is 6.97. The highest BCUT2D eigenvalue weighted by Gasteiger charge is 2.26. The van der Waals surface area contributed by atoms with E-state index in [-0.39, 0.29) is 11.8 Å². The molecule has 0 bridgehead atoms. The molecule has 0 saturated carbocycles. The van der Waals surface area contributed by atoms with Gasteiger partial charge >= 0.3 is 0 Å². The first-order chi connectivity index (χ1) is 13.7. The number of aromatic nitrogens is 3. The molecule has 1 fully saturated rings. The Balaban J connectivity index is 1.29. The number of para-hydroxylation sites is 1. The standard InChI is InChI=1S/C21H19N5O2/c27-20(14-5-6-18-19(11-14)24-13-23-18)25-7-9-26(10-8-25)21(28)16-12-22-17-4-2-1-3-15(16)17/h1-6,11-13,22H,7-10H2,(H,23,24). The van der Waals surface area contributed by atoms with Crippen molar-refractivity contribution in [2.24, 2.45) is 0 Å². The first-order valence-corrected chi connectivity index (χ1v) is 9.28. The third-order valence-corrected chi connectivity index (χ3v) is 5.34. The van der Waals surface area contributed by atoms with Gasteiger partial charge in [0.1, 0.15) is 0 Å². The van der Waals surface area contributed by atoms with Gasteiger partial charge < -0.3 is 19.8 Å². The molecule has 1 aliphatic heterocycles. The monoisotopic (exact) mass is 373 g/mol. The largest absolute Gasteiger partial charge is 0.360 e. The van der Waals surface area contributed by atoms with Crippen LogP contribution in [0.25, 0.3) is 21.9 Å². The van der Waals surface area contributed by atoms with Crippen LogP contribution >= 0.6 is 0 Å². The Kier molecular flexibility index (Phi) is 3.86. The number of benzene rings is 2. The second kappa shape index (κ2) is 6.53. The Morgan fingerprint density at radius 1 is 0.857 bits per heavy atom. The van der Waals surface area contributed by atoms with E-state index in [0.29, 0.717) is 37.3 Å². The molecule has 2 aromatic carbocycles. The number of nitrogens with zero attached hydrogens (tertiary/aromatic N) is 3. The van der Waals surface area contributed by atoms with E-state index < -0.39 is 0 Å². The molecule has 0 aliphatic carbocycles. The molecule has 0 unspecified atom stereocenters. The Bertz CT molecular complexity index is 1180. The Morgan fingerprint density at radius 2 is 1.61 bits per heavy atom. The minimum absolute atomic E-state index is 0.00317. The summed E-state index contributed by atoms with van der Waals surface area (Å²) in [5, 5.41) is 0.930. The molecule has 1 aliphatic rings. The number of nitrogens with one attached hydrogen (secondary N) is 2. The Labute approximate surface area is 161 Å². The zero-order valence-corrected chi connectivity index (χ0v) is 15.2. The SMILES string of the molecule is O=C(c1ccc2nc[nH]c2c1)N1CCN(C(=O)c2c[nH]c3ccccc23)CC1. The number of fused-ring (bicyclic) bond motifs is 2. The van der Waals surface area contributed by atoms with Gasteiger partial charge in [-0.1, -0.05) is 18.2 Å². The summed E-state index contributed by atoms with van der Waals surface area (Å²) in [6, 6.07) is 13.3. The number of hydrogen-bond donors (Lipinski definition) is 2. The summed E-state index contributed by atoms with van der Waals surface area (Å²) in [5.74, 6) is -0.0147. The summed E-state index contributed by atoms with van der Waals surface area (Å²) in [6.07, 6.45) is 3.39. The number of carbonyl (C=O) groups excluding carboxylic acids is 2. The molecule has 7 heteroatoms. The Morgan fingerprint density at radius 3 is 2.43 bits per heavy atom. The van der Waals surface area contributed by atoms with Gasteiger partial charge in [0, 0.05) is 48.8 Å². The molecule has 0 radical (unpaired) electrons. The zero-order valence-electron chi connectivity index (χ0n) is 15.2. The Hall–Kier alpha value is -3.61. The van der Waals surface area contributed by atoms with Crippen LogP contribution in [0.5, 0.6) is 0 Å². The molecule has 3 heterocycles. The van der Waals surface area contributed by atoms with Crippen LogP contribution in [-0.4, -0.2) is 62.7 Å².